The molecule has 2 aromatic heterocycles. The molecule has 7 nitrogen and oxygen atoms in total. The third-order valence-electron chi connectivity index (χ3n) is 5.36. The predicted molar refractivity (Wildman–Crippen MR) is 96.6 cm³/mol. The third kappa shape index (κ3) is 3.67. The van der Waals surface area contributed by atoms with Gasteiger partial charge in [0.25, 0.3) is 5.89 Å². The van der Waals surface area contributed by atoms with Crippen molar-refractivity contribution in [2.75, 3.05) is 51.2 Å². The molecule has 4 heterocycles. The van der Waals surface area contributed by atoms with Gasteiger partial charge in [0, 0.05) is 57.2 Å². The van der Waals surface area contributed by atoms with E-state index in [-0.39, 0.29) is 0 Å². The minimum atomic E-state index is 0.545. The highest BCUT2D eigenvalue weighted by Gasteiger charge is 2.28. The van der Waals surface area contributed by atoms with Crippen molar-refractivity contribution in [3.8, 4) is 11.5 Å². The molecule has 2 aliphatic rings. The molecule has 134 valence electrons. The van der Waals surface area contributed by atoms with Crippen molar-refractivity contribution in [3.05, 3.63) is 24.0 Å². The monoisotopic (exact) mass is 342 g/mol. The van der Waals surface area contributed by atoms with E-state index in [1.54, 1.807) is 6.20 Å². The number of likely N-dealkylation sites (N-methyl/N-ethyl adjacent to an activating group) is 1. The summed E-state index contributed by atoms with van der Waals surface area (Å²) in [5, 5.41) is 8.44. The maximum atomic E-state index is 5.89. The Kier molecular flexibility index (Phi) is 4.67. The largest absolute Gasteiger partial charge is 0.403 e. The van der Waals surface area contributed by atoms with E-state index < -0.39 is 0 Å². The molecule has 0 amide bonds. The number of hydrogen-bond acceptors (Lipinski definition) is 7. The van der Waals surface area contributed by atoms with Gasteiger partial charge in [0.2, 0.25) is 0 Å². The van der Waals surface area contributed by atoms with Crippen LogP contribution in [0, 0.1) is 6.92 Å². The Hall–Kier alpha value is -1.99. The Morgan fingerprint density at radius 1 is 1.00 bits per heavy atom. The van der Waals surface area contributed by atoms with E-state index in [4.69, 9.17) is 4.42 Å². The first-order valence-electron chi connectivity index (χ1n) is 9.13. The van der Waals surface area contributed by atoms with Crippen LogP contribution in [-0.4, -0.2) is 77.3 Å². The smallest absolute Gasteiger partial charge is 0.318 e. The molecule has 2 saturated heterocycles. The average Bonchev–Trinajstić information content (AvgIpc) is 3.13. The maximum absolute atomic E-state index is 5.89. The Labute approximate surface area is 148 Å². The van der Waals surface area contributed by atoms with Gasteiger partial charge in [-0.3, -0.25) is 9.88 Å². The number of aromatic nitrogens is 3. The SMILES string of the molecule is Cc1ccc(-c2nnc(N3CCC(N4CCN(C)CC4)CC3)o2)cn1. The first-order chi connectivity index (χ1) is 12.2. The van der Waals surface area contributed by atoms with Gasteiger partial charge < -0.3 is 14.2 Å². The van der Waals surface area contributed by atoms with E-state index in [0.29, 0.717) is 17.9 Å². The first kappa shape index (κ1) is 16.5. The molecule has 0 bridgehead atoms. The van der Waals surface area contributed by atoms with E-state index in [1.165, 1.54) is 26.2 Å². The second-order valence-corrected chi connectivity index (χ2v) is 7.14. The molecule has 25 heavy (non-hydrogen) atoms. The number of piperidine rings is 1. The Bertz CT molecular complexity index is 684. The molecule has 0 saturated carbocycles. The third-order valence-corrected chi connectivity index (χ3v) is 5.36. The first-order valence-corrected chi connectivity index (χ1v) is 9.13. The molecule has 7 heteroatoms. The van der Waals surface area contributed by atoms with Crippen LogP contribution in [0.15, 0.2) is 22.7 Å². The predicted octanol–water partition coefficient (Wildman–Crippen LogP) is 1.66. The fraction of sp³-hybridized carbons (Fsp3) is 0.611. The van der Waals surface area contributed by atoms with Crippen molar-refractivity contribution in [1.82, 2.24) is 25.0 Å². The van der Waals surface area contributed by atoms with Gasteiger partial charge in [0.15, 0.2) is 0 Å². The number of pyridine rings is 1. The van der Waals surface area contributed by atoms with Crippen LogP contribution in [-0.2, 0) is 0 Å². The van der Waals surface area contributed by atoms with Gasteiger partial charge in [0.1, 0.15) is 0 Å². The summed E-state index contributed by atoms with van der Waals surface area (Å²) in [5.41, 5.74) is 1.85. The van der Waals surface area contributed by atoms with Crippen molar-refractivity contribution in [3.63, 3.8) is 0 Å². The summed E-state index contributed by atoms with van der Waals surface area (Å²) in [7, 11) is 2.21. The van der Waals surface area contributed by atoms with Crippen LogP contribution in [0.5, 0.6) is 0 Å². The van der Waals surface area contributed by atoms with Gasteiger partial charge in [0.05, 0.1) is 5.56 Å². The van der Waals surface area contributed by atoms with Gasteiger partial charge in [-0.2, -0.15) is 0 Å². The van der Waals surface area contributed by atoms with Crippen molar-refractivity contribution >= 4 is 6.01 Å². The highest BCUT2D eigenvalue weighted by molar-refractivity contribution is 5.52. The lowest BCUT2D eigenvalue weighted by Gasteiger charge is -2.41. The molecular weight excluding hydrogens is 316 g/mol. The summed E-state index contributed by atoms with van der Waals surface area (Å²) < 4.78 is 5.89. The van der Waals surface area contributed by atoms with E-state index in [0.717, 1.165) is 37.2 Å². The Morgan fingerprint density at radius 2 is 1.76 bits per heavy atom. The minimum Gasteiger partial charge on any atom is -0.403 e. The number of piperazine rings is 1. The summed E-state index contributed by atoms with van der Waals surface area (Å²) in [6, 6.07) is 5.25. The topological polar surface area (TPSA) is 61.5 Å². The van der Waals surface area contributed by atoms with Crippen molar-refractivity contribution in [1.29, 1.82) is 0 Å². The van der Waals surface area contributed by atoms with Crippen molar-refractivity contribution in [2.45, 2.75) is 25.8 Å². The number of anilines is 1. The molecule has 0 radical (unpaired) electrons. The summed E-state index contributed by atoms with van der Waals surface area (Å²) in [6.07, 6.45) is 4.10. The molecule has 4 rings (SSSR count). The number of aryl methyl sites for hydroxylation is 1. The lowest BCUT2D eigenvalue weighted by molar-refractivity contribution is 0.0976. The zero-order valence-corrected chi connectivity index (χ0v) is 15.1. The van der Waals surface area contributed by atoms with Gasteiger partial charge in [-0.05, 0) is 38.9 Å². The molecular formula is C18H26N6O. The maximum Gasteiger partial charge on any atom is 0.318 e. The molecule has 0 atom stereocenters. The summed E-state index contributed by atoms with van der Waals surface area (Å²) in [6.45, 7) is 8.65. The molecule has 0 N–H and O–H groups in total. The Morgan fingerprint density at radius 3 is 2.44 bits per heavy atom. The lowest BCUT2D eigenvalue weighted by atomic mass is 10.0. The minimum absolute atomic E-state index is 0.545. The molecule has 2 fully saturated rings. The molecule has 0 aliphatic carbocycles. The molecule has 2 aliphatic heterocycles. The van der Waals surface area contributed by atoms with Crippen LogP contribution in [0.1, 0.15) is 18.5 Å². The number of hydrogen-bond donors (Lipinski definition) is 0. The highest BCUT2D eigenvalue weighted by atomic mass is 16.4. The summed E-state index contributed by atoms with van der Waals surface area (Å²) in [5.74, 6) is 0.545. The zero-order chi connectivity index (χ0) is 17.2. The number of rotatable bonds is 3. The average molecular weight is 342 g/mol. The molecule has 2 aromatic rings. The van der Waals surface area contributed by atoms with Crippen LogP contribution in [0.25, 0.3) is 11.5 Å². The summed E-state index contributed by atoms with van der Waals surface area (Å²) in [4.78, 5) is 11.6. The van der Waals surface area contributed by atoms with Crippen LogP contribution in [0.2, 0.25) is 0 Å². The molecule has 0 aromatic carbocycles. The molecule has 0 unspecified atom stereocenters. The van der Waals surface area contributed by atoms with Gasteiger partial charge in [-0.25, -0.2) is 0 Å². The quantitative estimate of drug-likeness (QED) is 0.840. The highest BCUT2D eigenvalue weighted by Crippen LogP contribution is 2.25. The second-order valence-electron chi connectivity index (χ2n) is 7.14. The van der Waals surface area contributed by atoms with E-state index in [9.17, 15) is 0 Å². The molecule has 0 spiro atoms. The van der Waals surface area contributed by atoms with Crippen molar-refractivity contribution in [2.24, 2.45) is 0 Å². The van der Waals surface area contributed by atoms with Crippen LogP contribution < -0.4 is 4.90 Å². The van der Waals surface area contributed by atoms with E-state index in [2.05, 4.69) is 36.9 Å². The second kappa shape index (κ2) is 7.09. The van der Waals surface area contributed by atoms with Crippen LogP contribution in [0.3, 0.4) is 0 Å². The number of nitrogens with zero attached hydrogens (tertiary/aromatic N) is 6. The van der Waals surface area contributed by atoms with Crippen LogP contribution >= 0.6 is 0 Å². The van der Waals surface area contributed by atoms with Gasteiger partial charge >= 0.3 is 6.01 Å². The normalized spacial score (nSPS) is 21.0. The van der Waals surface area contributed by atoms with E-state index >= 15 is 0 Å². The van der Waals surface area contributed by atoms with E-state index in [1.807, 2.05) is 19.1 Å². The fourth-order valence-corrected chi connectivity index (χ4v) is 3.66. The lowest BCUT2D eigenvalue weighted by Crippen LogP contribution is -2.52. The fourth-order valence-electron chi connectivity index (χ4n) is 3.66. The summed E-state index contributed by atoms with van der Waals surface area (Å²) >= 11 is 0. The Balaban J connectivity index is 1.36. The standard InChI is InChI=1S/C18H26N6O/c1-14-3-4-15(13-19-14)17-20-21-18(25-17)24-7-5-16(6-8-24)23-11-9-22(2)10-12-23/h3-4,13,16H,5-12H2,1-2H3. The van der Waals surface area contributed by atoms with Crippen molar-refractivity contribution < 1.29 is 4.42 Å². The zero-order valence-electron chi connectivity index (χ0n) is 15.1. The van der Waals surface area contributed by atoms with Gasteiger partial charge in [-0.1, -0.05) is 5.10 Å². The van der Waals surface area contributed by atoms with Crippen LogP contribution in [0.4, 0.5) is 6.01 Å². The van der Waals surface area contributed by atoms with Gasteiger partial charge in [-0.15, -0.1) is 5.10 Å².